The number of benzene rings is 3. The Balaban J connectivity index is 1.32. The van der Waals surface area contributed by atoms with Gasteiger partial charge >= 0.3 is 0 Å². The van der Waals surface area contributed by atoms with Crippen LogP contribution in [0.3, 0.4) is 0 Å². The summed E-state index contributed by atoms with van der Waals surface area (Å²) in [6.07, 6.45) is 4.18. The molecule has 0 fully saturated rings. The second kappa shape index (κ2) is 8.41. The molecule has 0 aliphatic carbocycles. The van der Waals surface area contributed by atoms with Crippen LogP contribution in [0.15, 0.2) is 54.6 Å². The molecule has 4 heteroatoms. The summed E-state index contributed by atoms with van der Waals surface area (Å²) in [6.45, 7) is 2.81. The van der Waals surface area contributed by atoms with Crippen LogP contribution in [0.1, 0.15) is 23.2 Å². The van der Waals surface area contributed by atoms with Gasteiger partial charge in [0, 0.05) is 40.3 Å². The van der Waals surface area contributed by atoms with E-state index in [0.29, 0.717) is 6.61 Å². The van der Waals surface area contributed by atoms with Gasteiger partial charge in [0.1, 0.15) is 11.5 Å². The van der Waals surface area contributed by atoms with Gasteiger partial charge in [-0.2, -0.15) is 0 Å². The second-order valence-electron chi connectivity index (χ2n) is 7.94. The molecule has 0 amide bonds. The Morgan fingerprint density at radius 2 is 1.67 bits per heavy atom. The average Bonchev–Trinajstić information content (AvgIpc) is 2.98. The Kier molecular flexibility index (Phi) is 5.33. The molecule has 2 N–H and O–H groups in total. The van der Waals surface area contributed by atoms with Crippen LogP contribution in [0.25, 0.3) is 21.7 Å². The number of aryl methyl sites for hydroxylation is 1. The first-order valence-corrected chi connectivity index (χ1v) is 10.9. The van der Waals surface area contributed by atoms with Crippen molar-refractivity contribution in [1.82, 2.24) is 10.3 Å². The Morgan fingerprint density at radius 1 is 0.867 bits per heavy atom. The molecule has 30 heavy (non-hydrogen) atoms. The van der Waals surface area contributed by atoms with Crippen LogP contribution >= 0.6 is 0 Å². The van der Waals surface area contributed by atoms with E-state index in [1.54, 1.807) is 7.11 Å². The Morgan fingerprint density at radius 3 is 2.53 bits per heavy atom. The molecule has 2 heterocycles. The minimum atomic E-state index is 0.695. The van der Waals surface area contributed by atoms with Crippen LogP contribution in [-0.4, -0.2) is 31.8 Å². The van der Waals surface area contributed by atoms with Crippen molar-refractivity contribution in [2.24, 2.45) is 0 Å². The van der Waals surface area contributed by atoms with Crippen LogP contribution in [0.4, 0.5) is 0 Å². The molecule has 154 valence electrons. The monoisotopic (exact) mass is 400 g/mol. The lowest BCUT2D eigenvalue weighted by Crippen LogP contribution is -2.16. The molecule has 1 aromatic heterocycles. The molecular weight excluding hydrogens is 372 g/mol. The topological polar surface area (TPSA) is 46.3 Å². The summed E-state index contributed by atoms with van der Waals surface area (Å²) >= 11 is 0. The van der Waals surface area contributed by atoms with Gasteiger partial charge in [0.05, 0.1) is 13.7 Å². The molecule has 0 radical (unpaired) electrons. The smallest absolute Gasteiger partial charge is 0.127 e. The fourth-order valence-electron chi connectivity index (χ4n) is 4.69. The standard InChI is InChI=1S/C26H28N2O2/c1-29-24-11-12-25(20-9-3-2-8-19(20)24)30-17-5-7-18-6-4-10-23-26(18)21-13-15-27-16-14-22(21)28-23/h2-4,6,8-12,27-28H,5,7,13-17H2,1H3. The van der Waals surface area contributed by atoms with Crippen molar-refractivity contribution in [2.45, 2.75) is 25.7 Å². The number of methoxy groups -OCH3 is 1. The Labute approximate surface area is 177 Å². The number of H-pyrrole nitrogens is 1. The van der Waals surface area contributed by atoms with Gasteiger partial charge in [0.2, 0.25) is 0 Å². The lowest BCUT2D eigenvalue weighted by Gasteiger charge is -2.12. The highest BCUT2D eigenvalue weighted by Gasteiger charge is 2.16. The SMILES string of the molecule is COc1ccc(OCCCc2cccc3[nH]c4c(c23)CCNCC4)c2ccccc12. The number of nitrogens with one attached hydrogen (secondary N) is 2. The van der Waals surface area contributed by atoms with E-state index >= 15 is 0 Å². The van der Waals surface area contributed by atoms with E-state index in [2.05, 4.69) is 40.6 Å². The van der Waals surface area contributed by atoms with Gasteiger partial charge in [0.15, 0.2) is 0 Å². The highest BCUT2D eigenvalue weighted by atomic mass is 16.5. The predicted octanol–water partition coefficient (Wildman–Crippen LogP) is 5.03. The van der Waals surface area contributed by atoms with Crippen LogP contribution in [0, 0.1) is 0 Å². The van der Waals surface area contributed by atoms with Crippen molar-refractivity contribution in [2.75, 3.05) is 26.8 Å². The van der Waals surface area contributed by atoms with Gasteiger partial charge in [-0.25, -0.2) is 0 Å². The first-order chi connectivity index (χ1) is 14.8. The van der Waals surface area contributed by atoms with Crippen LogP contribution < -0.4 is 14.8 Å². The van der Waals surface area contributed by atoms with Crippen molar-refractivity contribution < 1.29 is 9.47 Å². The van der Waals surface area contributed by atoms with Gasteiger partial charge in [-0.3, -0.25) is 0 Å². The summed E-state index contributed by atoms with van der Waals surface area (Å²) in [4.78, 5) is 3.66. The molecule has 0 atom stereocenters. The number of hydrogen-bond acceptors (Lipinski definition) is 3. The number of aromatic amines is 1. The fourth-order valence-corrected chi connectivity index (χ4v) is 4.69. The summed E-state index contributed by atoms with van der Waals surface area (Å²) in [5.41, 5.74) is 5.62. The zero-order chi connectivity index (χ0) is 20.3. The van der Waals surface area contributed by atoms with E-state index in [9.17, 15) is 0 Å². The van der Waals surface area contributed by atoms with Gasteiger partial charge in [-0.1, -0.05) is 36.4 Å². The lowest BCUT2D eigenvalue weighted by molar-refractivity contribution is 0.314. The molecule has 0 spiro atoms. The van der Waals surface area contributed by atoms with E-state index in [1.165, 1.54) is 27.7 Å². The van der Waals surface area contributed by atoms with Crippen LogP contribution in [0.2, 0.25) is 0 Å². The third-order valence-electron chi connectivity index (χ3n) is 6.12. The van der Waals surface area contributed by atoms with Crippen molar-refractivity contribution in [3.05, 3.63) is 71.4 Å². The fraction of sp³-hybridized carbons (Fsp3) is 0.308. The normalized spacial score (nSPS) is 13.9. The first kappa shape index (κ1) is 19.0. The first-order valence-electron chi connectivity index (χ1n) is 10.9. The van der Waals surface area contributed by atoms with E-state index in [-0.39, 0.29) is 0 Å². The molecule has 5 rings (SSSR count). The molecule has 3 aromatic carbocycles. The van der Waals surface area contributed by atoms with Crippen LogP contribution in [0.5, 0.6) is 11.5 Å². The second-order valence-corrected chi connectivity index (χ2v) is 7.94. The maximum Gasteiger partial charge on any atom is 0.127 e. The molecule has 0 unspecified atom stereocenters. The lowest BCUT2D eigenvalue weighted by atomic mass is 9.99. The van der Waals surface area contributed by atoms with Crippen molar-refractivity contribution in [3.8, 4) is 11.5 Å². The van der Waals surface area contributed by atoms with Gasteiger partial charge in [0.25, 0.3) is 0 Å². The van der Waals surface area contributed by atoms with E-state index < -0.39 is 0 Å². The minimum Gasteiger partial charge on any atom is -0.496 e. The molecule has 0 bridgehead atoms. The molecule has 4 aromatic rings. The average molecular weight is 401 g/mol. The zero-order valence-corrected chi connectivity index (χ0v) is 17.5. The van der Waals surface area contributed by atoms with E-state index in [0.717, 1.165) is 61.0 Å². The summed E-state index contributed by atoms with van der Waals surface area (Å²) < 4.78 is 11.7. The largest absolute Gasteiger partial charge is 0.496 e. The van der Waals surface area contributed by atoms with E-state index in [1.807, 2.05) is 24.3 Å². The maximum atomic E-state index is 6.19. The maximum absolute atomic E-state index is 6.19. The summed E-state index contributed by atoms with van der Waals surface area (Å²) in [5, 5.41) is 7.13. The Hall–Kier alpha value is -2.98. The minimum absolute atomic E-state index is 0.695. The van der Waals surface area contributed by atoms with Gasteiger partial charge < -0.3 is 19.8 Å². The highest BCUT2D eigenvalue weighted by molar-refractivity contribution is 5.93. The van der Waals surface area contributed by atoms with E-state index in [4.69, 9.17) is 9.47 Å². The molecule has 1 aliphatic rings. The van der Waals surface area contributed by atoms with Crippen molar-refractivity contribution in [1.29, 1.82) is 0 Å². The molecular formula is C26H28N2O2. The van der Waals surface area contributed by atoms with Gasteiger partial charge in [-0.15, -0.1) is 0 Å². The van der Waals surface area contributed by atoms with Crippen molar-refractivity contribution in [3.63, 3.8) is 0 Å². The number of aromatic nitrogens is 1. The van der Waals surface area contributed by atoms with Gasteiger partial charge in [-0.05, 0) is 55.1 Å². The third kappa shape index (κ3) is 3.52. The molecule has 4 nitrogen and oxygen atoms in total. The number of fused-ring (bicyclic) bond motifs is 4. The predicted molar refractivity (Wildman–Crippen MR) is 123 cm³/mol. The number of ether oxygens (including phenoxy) is 2. The van der Waals surface area contributed by atoms with Crippen LogP contribution in [-0.2, 0) is 19.3 Å². The third-order valence-corrected chi connectivity index (χ3v) is 6.12. The zero-order valence-electron chi connectivity index (χ0n) is 17.5. The molecule has 0 saturated heterocycles. The van der Waals surface area contributed by atoms with Crippen molar-refractivity contribution >= 4 is 21.7 Å². The number of rotatable bonds is 6. The summed E-state index contributed by atoms with van der Waals surface area (Å²) in [6, 6.07) is 18.9. The summed E-state index contributed by atoms with van der Waals surface area (Å²) in [7, 11) is 1.71. The Bertz CT molecular complexity index is 1180. The quantitative estimate of drug-likeness (QED) is 0.446. The molecule has 1 aliphatic heterocycles. The highest BCUT2D eigenvalue weighted by Crippen LogP contribution is 2.33. The number of hydrogen-bond donors (Lipinski definition) is 2. The summed E-state index contributed by atoms with van der Waals surface area (Å²) in [5.74, 6) is 1.80. The molecule has 0 saturated carbocycles.